The maximum absolute atomic E-state index is 10.8. The summed E-state index contributed by atoms with van der Waals surface area (Å²) in [5, 5.41) is 12.2. The van der Waals surface area contributed by atoms with E-state index in [1.54, 1.807) is 12.1 Å². The Hall–Kier alpha value is -2.29. The van der Waals surface area contributed by atoms with Crippen molar-refractivity contribution >= 4 is 11.7 Å². The highest BCUT2D eigenvalue weighted by Gasteiger charge is 2.10. The lowest BCUT2D eigenvalue weighted by molar-refractivity contribution is 0.0697. The van der Waals surface area contributed by atoms with Crippen LogP contribution in [0.3, 0.4) is 0 Å². The van der Waals surface area contributed by atoms with E-state index in [2.05, 4.69) is 23.5 Å². The van der Waals surface area contributed by atoms with Gasteiger partial charge in [-0.1, -0.05) is 18.2 Å². The molecule has 0 radical (unpaired) electrons. The first kappa shape index (κ1) is 12.7. The number of carbonyl (C=O) groups is 1. The number of hydrogen-bond acceptors (Lipinski definition) is 2. The molecule has 0 saturated carbocycles. The van der Waals surface area contributed by atoms with Gasteiger partial charge < -0.3 is 10.4 Å². The van der Waals surface area contributed by atoms with Crippen LogP contribution in [0, 0.1) is 0 Å². The molecule has 3 nitrogen and oxygen atoms in total. The standard InChI is InChI=1S/C17H17NO2/c19-17(20)14-6-4-12(5-7-14)11-18-16-9-8-13-2-1-3-15(13)10-16/h4-10,18H,1-3,11H2,(H,19,20). The summed E-state index contributed by atoms with van der Waals surface area (Å²) in [6.07, 6.45) is 3.64. The third kappa shape index (κ3) is 2.67. The first-order valence-corrected chi connectivity index (χ1v) is 6.90. The van der Waals surface area contributed by atoms with E-state index < -0.39 is 5.97 Å². The fraction of sp³-hybridized carbons (Fsp3) is 0.235. The molecule has 20 heavy (non-hydrogen) atoms. The van der Waals surface area contributed by atoms with E-state index in [9.17, 15) is 4.79 Å². The molecule has 1 aliphatic carbocycles. The Morgan fingerprint density at radius 1 is 1.05 bits per heavy atom. The number of anilines is 1. The zero-order chi connectivity index (χ0) is 13.9. The lowest BCUT2D eigenvalue weighted by atomic mass is 10.1. The van der Waals surface area contributed by atoms with E-state index in [0.717, 1.165) is 11.3 Å². The largest absolute Gasteiger partial charge is 0.478 e. The summed E-state index contributed by atoms with van der Waals surface area (Å²) >= 11 is 0. The molecular formula is C17H17NO2. The van der Waals surface area contributed by atoms with Crippen LogP contribution in [0.25, 0.3) is 0 Å². The highest BCUT2D eigenvalue weighted by atomic mass is 16.4. The van der Waals surface area contributed by atoms with Crippen molar-refractivity contribution in [2.75, 3.05) is 5.32 Å². The Bertz CT molecular complexity index is 632. The summed E-state index contributed by atoms with van der Waals surface area (Å²) in [5.74, 6) is -0.886. The van der Waals surface area contributed by atoms with Gasteiger partial charge in [-0.05, 0) is 60.2 Å². The first-order chi connectivity index (χ1) is 9.72. The molecule has 0 unspecified atom stereocenters. The predicted molar refractivity (Wildman–Crippen MR) is 79.2 cm³/mol. The second-order valence-electron chi connectivity index (χ2n) is 5.19. The molecule has 3 rings (SSSR count). The molecule has 2 N–H and O–H groups in total. The summed E-state index contributed by atoms with van der Waals surface area (Å²) < 4.78 is 0. The molecule has 2 aromatic carbocycles. The van der Waals surface area contributed by atoms with Gasteiger partial charge in [-0.2, -0.15) is 0 Å². The molecule has 0 spiro atoms. The maximum Gasteiger partial charge on any atom is 0.335 e. The van der Waals surface area contributed by atoms with Crippen LogP contribution in [0.4, 0.5) is 5.69 Å². The second-order valence-corrected chi connectivity index (χ2v) is 5.19. The molecule has 0 amide bonds. The Labute approximate surface area is 118 Å². The number of aromatic carboxylic acids is 1. The molecule has 0 atom stereocenters. The summed E-state index contributed by atoms with van der Waals surface area (Å²) in [6.45, 7) is 0.707. The smallest absolute Gasteiger partial charge is 0.335 e. The Balaban J connectivity index is 1.65. The van der Waals surface area contributed by atoms with Crippen molar-refractivity contribution in [3.63, 3.8) is 0 Å². The number of benzene rings is 2. The minimum absolute atomic E-state index is 0.325. The van der Waals surface area contributed by atoms with Crippen molar-refractivity contribution in [3.8, 4) is 0 Å². The average Bonchev–Trinajstić information content (AvgIpc) is 2.93. The molecule has 3 heteroatoms. The molecule has 102 valence electrons. The number of hydrogen-bond donors (Lipinski definition) is 2. The van der Waals surface area contributed by atoms with Gasteiger partial charge in [0, 0.05) is 12.2 Å². The van der Waals surface area contributed by atoms with Crippen molar-refractivity contribution in [2.24, 2.45) is 0 Å². The van der Waals surface area contributed by atoms with E-state index in [0.29, 0.717) is 12.1 Å². The monoisotopic (exact) mass is 267 g/mol. The Morgan fingerprint density at radius 3 is 2.55 bits per heavy atom. The van der Waals surface area contributed by atoms with Crippen LogP contribution in [-0.2, 0) is 19.4 Å². The fourth-order valence-electron chi connectivity index (χ4n) is 2.65. The van der Waals surface area contributed by atoms with Crippen LogP contribution in [0.1, 0.15) is 33.5 Å². The Morgan fingerprint density at radius 2 is 1.80 bits per heavy atom. The fourth-order valence-corrected chi connectivity index (χ4v) is 2.65. The number of carboxylic acids is 1. The van der Waals surface area contributed by atoms with Gasteiger partial charge in [0.25, 0.3) is 0 Å². The minimum atomic E-state index is -0.886. The van der Waals surface area contributed by atoms with Crippen LogP contribution in [0.2, 0.25) is 0 Å². The lowest BCUT2D eigenvalue weighted by Crippen LogP contribution is -2.01. The molecule has 0 saturated heterocycles. The lowest BCUT2D eigenvalue weighted by Gasteiger charge is -2.09. The minimum Gasteiger partial charge on any atom is -0.478 e. The van der Waals surface area contributed by atoms with Gasteiger partial charge in [0.2, 0.25) is 0 Å². The van der Waals surface area contributed by atoms with Crippen LogP contribution in [0.5, 0.6) is 0 Å². The van der Waals surface area contributed by atoms with Crippen molar-refractivity contribution in [2.45, 2.75) is 25.8 Å². The molecular weight excluding hydrogens is 250 g/mol. The SMILES string of the molecule is O=C(O)c1ccc(CNc2ccc3c(c2)CCC3)cc1. The summed E-state index contributed by atoms with van der Waals surface area (Å²) in [6, 6.07) is 13.5. The van der Waals surface area contributed by atoms with Gasteiger partial charge in [-0.25, -0.2) is 4.79 Å². The maximum atomic E-state index is 10.8. The average molecular weight is 267 g/mol. The molecule has 0 heterocycles. The zero-order valence-electron chi connectivity index (χ0n) is 11.2. The molecule has 1 aliphatic rings. The van der Waals surface area contributed by atoms with E-state index >= 15 is 0 Å². The summed E-state index contributed by atoms with van der Waals surface area (Å²) in [5.41, 5.74) is 5.47. The van der Waals surface area contributed by atoms with E-state index in [1.807, 2.05) is 12.1 Å². The highest BCUT2D eigenvalue weighted by Crippen LogP contribution is 2.25. The van der Waals surface area contributed by atoms with Crippen molar-refractivity contribution < 1.29 is 9.90 Å². The highest BCUT2D eigenvalue weighted by molar-refractivity contribution is 5.87. The predicted octanol–water partition coefficient (Wildman–Crippen LogP) is 3.49. The normalized spacial score (nSPS) is 13.0. The summed E-state index contributed by atoms with van der Waals surface area (Å²) in [7, 11) is 0. The molecule has 0 bridgehead atoms. The molecule has 0 aromatic heterocycles. The second kappa shape index (κ2) is 5.37. The van der Waals surface area contributed by atoms with Crippen LogP contribution < -0.4 is 5.32 Å². The van der Waals surface area contributed by atoms with Gasteiger partial charge in [0.15, 0.2) is 0 Å². The zero-order valence-corrected chi connectivity index (χ0v) is 11.2. The topological polar surface area (TPSA) is 49.3 Å². The van der Waals surface area contributed by atoms with E-state index in [-0.39, 0.29) is 0 Å². The molecule has 0 fully saturated rings. The number of carboxylic acid groups (broad SMARTS) is 1. The van der Waals surface area contributed by atoms with Crippen molar-refractivity contribution in [1.82, 2.24) is 0 Å². The van der Waals surface area contributed by atoms with Gasteiger partial charge >= 0.3 is 5.97 Å². The van der Waals surface area contributed by atoms with Crippen LogP contribution in [-0.4, -0.2) is 11.1 Å². The quantitative estimate of drug-likeness (QED) is 0.891. The van der Waals surface area contributed by atoms with Gasteiger partial charge in [-0.15, -0.1) is 0 Å². The number of fused-ring (bicyclic) bond motifs is 1. The Kier molecular flexibility index (Phi) is 3.42. The third-order valence-corrected chi connectivity index (χ3v) is 3.80. The van der Waals surface area contributed by atoms with Crippen LogP contribution >= 0.6 is 0 Å². The number of aryl methyl sites for hydroxylation is 2. The van der Waals surface area contributed by atoms with Crippen molar-refractivity contribution in [3.05, 3.63) is 64.7 Å². The van der Waals surface area contributed by atoms with Crippen molar-refractivity contribution in [1.29, 1.82) is 0 Å². The third-order valence-electron chi connectivity index (χ3n) is 3.80. The van der Waals surface area contributed by atoms with Crippen LogP contribution in [0.15, 0.2) is 42.5 Å². The number of nitrogens with one attached hydrogen (secondary N) is 1. The van der Waals surface area contributed by atoms with Gasteiger partial charge in [0.05, 0.1) is 5.56 Å². The van der Waals surface area contributed by atoms with Gasteiger partial charge in [-0.3, -0.25) is 0 Å². The summed E-state index contributed by atoms with van der Waals surface area (Å²) in [4.78, 5) is 10.8. The van der Waals surface area contributed by atoms with Gasteiger partial charge in [0.1, 0.15) is 0 Å². The number of rotatable bonds is 4. The molecule has 0 aliphatic heterocycles. The van der Waals surface area contributed by atoms with E-state index in [1.165, 1.54) is 30.4 Å². The van der Waals surface area contributed by atoms with E-state index in [4.69, 9.17) is 5.11 Å². The molecule has 2 aromatic rings. The first-order valence-electron chi connectivity index (χ1n) is 6.90.